The monoisotopic (exact) mass is 225 g/mol. The van der Waals surface area contributed by atoms with Crippen LogP contribution >= 0.6 is 11.6 Å². The zero-order chi connectivity index (χ0) is 11.3. The lowest BCUT2D eigenvalue weighted by atomic mass is 10.2. The summed E-state index contributed by atoms with van der Waals surface area (Å²) in [6.07, 6.45) is 0. The molecule has 0 amide bonds. The molecule has 0 bridgehead atoms. The summed E-state index contributed by atoms with van der Waals surface area (Å²) in [5.74, 6) is 0.927. The lowest BCUT2D eigenvalue weighted by molar-refractivity contribution is 0.665. The number of aliphatic imine (C=N–C) groups is 1. The highest BCUT2D eigenvalue weighted by atomic mass is 35.5. The summed E-state index contributed by atoms with van der Waals surface area (Å²) in [5, 5.41) is 3.66. The average Bonchev–Trinajstić information content (AvgIpc) is 2.15. The molecule has 1 rings (SSSR count). The second kappa shape index (κ2) is 5.61. The van der Waals surface area contributed by atoms with Crippen molar-refractivity contribution in [3.8, 4) is 0 Å². The molecule has 0 aliphatic rings. The van der Waals surface area contributed by atoms with Crippen molar-refractivity contribution in [2.75, 3.05) is 11.9 Å². The normalized spacial score (nSPS) is 11.9. The van der Waals surface area contributed by atoms with Crippen LogP contribution in [0.5, 0.6) is 0 Å². The Morgan fingerprint density at radius 2 is 2.27 bits per heavy atom. The van der Waals surface area contributed by atoms with E-state index in [2.05, 4.69) is 24.2 Å². The van der Waals surface area contributed by atoms with Gasteiger partial charge in [0.1, 0.15) is 0 Å². The van der Waals surface area contributed by atoms with Crippen LogP contribution in [0.3, 0.4) is 0 Å². The molecule has 0 radical (unpaired) electrons. The second-order valence-electron chi connectivity index (χ2n) is 3.76. The fourth-order valence-electron chi connectivity index (χ4n) is 1.03. The van der Waals surface area contributed by atoms with Gasteiger partial charge >= 0.3 is 0 Å². The van der Waals surface area contributed by atoms with E-state index >= 15 is 0 Å². The molecule has 0 unspecified atom stereocenters. The summed E-state index contributed by atoms with van der Waals surface area (Å²) in [4.78, 5) is 4.19. The van der Waals surface area contributed by atoms with Crippen molar-refractivity contribution in [3.63, 3.8) is 0 Å². The molecule has 0 saturated carbocycles. The van der Waals surface area contributed by atoms with E-state index in [0.29, 0.717) is 16.9 Å². The van der Waals surface area contributed by atoms with Gasteiger partial charge in [-0.05, 0) is 24.1 Å². The fraction of sp³-hybridized carbons (Fsp3) is 0.364. The van der Waals surface area contributed by atoms with E-state index in [1.165, 1.54) is 0 Å². The van der Waals surface area contributed by atoms with Crippen LogP contribution in [0.4, 0.5) is 5.69 Å². The van der Waals surface area contributed by atoms with Gasteiger partial charge in [0.15, 0.2) is 5.96 Å². The molecule has 0 fully saturated rings. The first-order chi connectivity index (χ1) is 7.08. The number of nitrogens with one attached hydrogen (secondary N) is 1. The van der Waals surface area contributed by atoms with Gasteiger partial charge in [-0.3, -0.25) is 4.99 Å². The van der Waals surface area contributed by atoms with Crippen molar-refractivity contribution in [2.45, 2.75) is 13.8 Å². The third kappa shape index (κ3) is 4.70. The number of guanidine groups is 1. The average molecular weight is 226 g/mol. The maximum Gasteiger partial charge on any atom is 0.193 e. The summed E-state index contributed by atoms with van der Waals surface area (Å²) in [7, 11) is 0. The van der Waals surface area contributed by atoms with E-state index in [-0.39, 0.29) is 0 Å². The van der Waals surface area contributed by atoms with Crippen LogP contribution in [0, 0.1) is 5.92 Å². The third-order valence-electron chi connectivity index (χ3n) is 1.72. The SMILES string of the molecule is CC(C)CN=C(N)Nc1cccc(Cl)c1. The van der Waals surface area contributed by atoms with E-state index in [0.717, 1.165) is 12.2 Å². The summed E-state index contributed by atoms with van der Waals surface area (Å²) in [5.41, 5.74) is 6.55. The Morgan fingerprint density at radius 1 is 1.53 bits per heavy atom. The molecule has 0 aliphatic carbocycles. The van der Waals surface area contributed by atoms with Gasteiger partial charge in [-0.15, -0.1) is 0 Å². The zero-order valence-corrected chi connectivity index (χ0v) is 9.75. The van der Waals surface area contributed by atoms with Crippen molar-refractivity contribution in [1.82, 2.24) is 0 Å². The first kappa shape index (κ1) is 11.9. The van der Waals surface area contributed by atoms with Gasteiger partial charge < -0.3 is 11.1 Å². The molecule has 4 heteroatoms. The molecular formula is C11H16ClN3. The Labute approximate surface area is 95.3 Å². The Hall–Kier alpha value is -1.22. The van der Waals surface area contributed by atoms with Gasteiger partial charge in [0.05, 0.1) is 0 Å². The molecule has 82 valence electrons. The van der Waals surface area contributed by atoms with E-state index in [1.54, 1.807) is 6.07 Å². The first-order valence-corrected chi connectivity index (χ1v) is 5.28. The highest BCUT2D eigenvalue weighted by Gasteiger charge is 1.96. The number of hydrogen-bond donors (Lipinski definition) is 2. The predicted octanol–water partition coefficient (Wildman–Crippen LogP) is 2.72. The zero-order valence-electron chi connectivity index (χ0n) is 9.00. The summed E-state index contributed by atoms with van der Waals surface area (Å²) in [6.45, 7) is 4.91. The molecular weight excluding hydrogens is 210 g/mol. The standard InChI is InChI=1S/C11H16ClN3/c1-8(2)7-14-11(13)15-10-5-3-4-9(12)6-10/h3-6,8H,7H2,1-2H3,(H3,13,14,15). The van der Waals surface area contributed by atoms with Gasteiger partial charge in [-0.2, -0.15) is 0 Å². The van der Waals surface area contributed by atoms with Gasteiger partial charge in [-0.25, -0.2) is 0 Å². The van der Waals surface area contributed by atoms with Crippen molar-refractivity contribution in [1.29, 1.82) is 0 Å². The van der Waals surface area contributed by atoms with Crippen molar-refractivity contribution >= 4 is 23.2 Å². The number of nitrogens with two attached hydrogens (primary N) is 1. The summed E-state index contributed by atoms with van der Waals surface area (Å²) in [6, 6.07) is 7.37. The molecule has 3 nitrogen and oxygen atoms in total. The number of anilines is 1. The van der Waals surface area contributed by atoms with Crippen LogP contribution in [0.1, 0.15) is 13.8 Å². The highest BCUT2D eigenvalue weighted by molar-refractivity contribution is 6.30. The van der Waals surface area contributed by atoms with Crippen LogP contribution in [0.15, 0.2) is 29.3 Å². The summed E-state index contributed by atoms with van der Waals surface area (Å²) < 4.78 is 0. The molecule has 0 saturated heterocycles. The highest BCUT2D eigenvalue weighted by Crippen LogP contribution is 2.14. The number of nitrogens with zero attached hydrogens (tertiary/aromatic N) is 1. The van der Waals surface area contributed by atoms with Gasteiger partial charge in [0.2, 0.25) is 0 Å². The Morgan fingerprint density at radius 3 is 2.87 bits per heavy atom. The second-order valence-corrected chi connectivity index (χ2v) is 4.19. The maximum atomic E-state index is 5.84. The van der Waals surface area contributed by atoms with Gasteiger partial charge in [0.25, 0.3) is 0 Å². The fourth-order valence-corrected chi connectivity index (χ4v) is 1.22. The Bertz CT molecular complexity index is 347. The summed E-state index contributed by atoms with van der Waals surface area (Å²) >= 11 is 5.84. The minimum absolute atomic E-state index is 0.422. The Kier molecular flexibility index (Phi) is 4.43. The van der Waals surface area contributed by atoms with Crippen LogP contribution in [-0.4, -0.2) is 12.5 Å². The molecule has 0 heterocycles. The molecule has 0 aromatic heterocycles. The van der Waals surface area contributed by atoms with Gasteiger partial charge in [0, 0.05) is 17.3 Å². The van der Waals surface area contributed by atoms with Crippen molar-refractivity contribution in [2.24, 2.45) is 16.6 Å². The van der Waals surface area contributed by atoms with E-state index in [1.807, 2.05) is 18.2 Å². The number of rotatable bonds is 3. The van der Waals surface area contributed by atoms with E-state index in [4.69, 9.17) is 17.3 Å². The van der Waals surface area contributed by atoms with Gasteiger partial charge in [-0.1, -0.05) is 31.5 Å². The molecule has 15 heavy (non-hydrogen) atoms. The van der Waals surface area contributed by atoms with Crippen molar-refractivity contribution in [3.05, 3.63) is 29.3 Å². The minimum atomic E-state index is 0.422. The predicted molar refractivity (Wildman–Crippen MR) is 66.4 cm³/mol. The van der Waals surface area contributed by atoms with Crippen LogP contribution in [-0.2, 0) is 0 Å². The van der Waals surface area contributed by atoms with Crippen molar-refractivity contribution < 1.29 is 0 Å². The quantitative estimate of drug-likeness (QED) is 0.614. The maximum absolute atomic E-state index is 5.84. The lowest BCUT2D eigenvalue weighted by Crippen LogP contribution is -2.23. The number of halogens is 1. The smallest absolute Gasteiger partial charge is 0.193 e. The Balaban J connectivity index is 2.58. The van der Waals surface area contributed by atoms with Crippen LogP contribution < -0.4 is 11.1 Å². The van der Waals surface area contributed by atoms with E-state index < -0.39 is 0 Å². The molecule has 3 N–H and O–H groups in total. The molecule has 0 spiro atoms. The molecule has 0 atom stereocenters. The number of hydrogen-bond acceptors (Lipinski definition) is 1. The van der Waals surface area contributed by atoms with Crippen LogP contribution in [0.2, 0.25) is 5.02 Å². The number of benzene rings is 1. The van der Waals surface area contributed by atoms with Crippen LogP contribution in [0.25, 0.3) is 0 Å². The molecule has 0 aliphatic heterocycles. The molecule has 1 aromatic rings. The third-order valence-corrected chi connectivity index (χ3v) is 1.96. The molecule has 1 aromatic carbocycles. The topological polar surface area (TPSA) is 50.4 Å². The van der Waals surface area contributed by atoms with E-state index in [9.17, 15) is 0 Å². The largest absolute Gasteiger partial charge is 0.370 e. The minimum Gasteiger partial charge on any atom is -0.370 e. The lowest BCUT2D eigenvalue weighted by Gasteiger charge is -2.06. The first-order valence-electron chi connectivity index (χ1n) is 4.90.